The monoisotopic (exact) mass is 419 g/mol. The second-order valence-electron chi connectivity index (χ2n) is 6.72. The van der Waals surface area contributed by atoms with Gasteiger partial charge >= 0.3 is 0 Å². The van der Waals surface area contributed by atoms with E-state index in [1.807, 2.05) is 49.2 Å². The Labute approximate surface area is 173 Å². The molecule has 0 fully saturated rings. The minimum Gasteiger partial charge on any atom is -0.494 e. The Bertz CT molecular complexity index is 871. The Morgan fingerprint density at radius 3 is 2.28 bits per heavy atom. The first-order chi connectivity index (χ1) is 13.8. The van der Waals surface area contributed by atoms with Gasteiger partial charge in [0, 0.05) is 25.8 Å². The molecule has 0 aromatic heterocycles. The van der Waals surface area contributed by atoms with E-state index in [0.717, 1.165) is 22.7 Å². The average Bonchev–Trinajstić information content (AvgIpc) is 2.70. The van der Waals surface area contributed by atoms with Crippen molar-refractivity contribution in [2.24, 2.45) is 0 Å². The second kappa shape index (κ2) is 10.7. The Hall–Kier alpha value is -2.74. The number of sulfonamides is 1. The summed E-state index contributed by atoms with van der Waals surface area (Å²) in [7, 11) is -1.67. The largest absolute Gasteiger partial charge is 0.494 e. The van der Waals surface area contributed by atoms with E-state index in [1.54, 1.807) is 24.3 Å². The maximum absolute atomic E-state index is 12.3. The normalized spacial score (nSPS) is 11.0. The molecule has 2 aromatic rings. The number of ether oxygens (including phenoxy) is 1. The number of amides is 1. The van der Waals surface area contributed by atoms with Gasteiger partial charge in [-0.1, -0.05) is 25.1 Å². The van der Waals surface area contributed by atoms with Crippen LogP contribution >= 0.6 is 0 Å². The van der Waals surface area contributed by atoms with Crippen molar-refractivity contribution in [3.05, 3.63) is 54.6 Å². The summed E-state index contributed by atoms with van der Waals surface area (Å²) < 4.78 is 31.0. The Balaban J connectivity index is 1.93. The lowest BCUT2D eigenvalue weighted by molar-refractivity contribution is -0.119. The number of hydrogen-bond acceptors (Lipinski definition) is 5. The first-order valence-corrected chi connectivity index (χ1v) is 11.4. The number of para-hydroxylation sites is 1. The minimum atomic E-state index is -3.61. The fourth-order valence-corrected chi connectivity index (χ4v) is 3.55. The first-order valence-electron chi connectivity index (χ1n) is 9.54. The maximum atomic E-state index is 12.3. The molecule has 0 saturated carbocycles. The predicted molar refractivity (Wildman–Crippen MR) is 117 cm³/mol. The van der Waals surface area contributed by atoms with Crippen molar-refractivity contribution >= 4 is 27.3 Å². The van der Waals surface area contributed by atoms with Crippen LogP contribution in [-0.4, -0.2) is 53.9 Å². The summed E-state index contributed by atoms with van der Waals surface area (Å²) in [6.07, 6.45) is 1.97. The molecule has 0 spiro atoms. The molecule has 0 aliphatic rings. The van der Waals surface area contributed by atoms with Gasteiger partial charge in [-0.2, -0.15) is 0 Å². The van der Waals surface area contributed by atoms with Crippen molar-refractivity contribution in [1.29, 1.82) is 0 Å². The number of rotatable bonds is 11. The van der Waals surface area contributed by atoms with Crippen LogP contribution in [0.1, 0.15) is 13.3 Å². The van der Waals surface area contributed by atoms with Crippen LogP contribution in [0, 0.1) is 0 Å². The highest BCUT2D eigenvalue weighted by molar-refractivity contribution is 7.92. The molecule has 158 valence electrons. The van der Waals surface area contributed by atoms with E-state index in [-0.39, 0.29) is 12.5 Å². The van der Waals surface area contributed by atoms with Gasteiger partial charge in [0.2, 0.25) is 15.9 Å². The molecule has 0 bridgehead atoms. The number of anilines is 2. The third-order valence-electron chi connectivity index (χ3n) is 4.25. The molecule has 1 amide bonds. The molecule has 0 heterocycles. The molecule has 0 saturated heterocycles. The quantitative estimate of drug-likeness (QED) is 0.605. The van der Waals surface area contributed by atoms with Crippen LogP contribution in [0.4, 0.5) is 11.4 Å². The molecule has 0 unspecified atom stereocenters. The second-order valence-corrected chi connectivity index (χ2v) is 8.63. The van der Waals surface area contributed by atoms with Crippen molar-refractivity contribution in [2.75, 3.05) is 48.7 Å². The van der Waals surface area contributed by atoms with Gasteiger partial charge < -0.3 is 15.0 Å². The van der Waals surface area contributed by atoms with Crippen molar-refractivity contribution < 1.29 is 17.9 Å². The van der Waals surface area contributed by atoms with Crippen molar-refractivity contribution in [2.45, 2.75) is 13.3 Å². The number of carbonyl (C=O) groups excluding carboxylic acids is 1. The van der Waals surface area contributed by atoms with Crippen LogP contribution in [0.15, 0.2) is 54.6 Å². The van der Waals surface area contributed by atoms with Gasteiger partial charge in [-0.3, -0.25) is 9.10 Å². The van der Waals surface area contributed by atoms with Gasteiger partial charge in [0.25, 0.3) is 0 Å². The Kier molecular flexibility index (Phi) is 8.33. The molecule has 0 aliphatic heterocycles. The number of nitrogens with one attached hydrogen (secondary N) is 1. The van der Waals surface area contributed by atoms with Gasteiger partial charge in [0.1, 0.15) is 12.3 Å². The third kappa shape index (κ3) is 7.30. The topological polar surface area (TPSA) is 79.0 Å². The van der Waals surface area contributed by atoms with Gasteiger partial charge in [-0.15, -0.1) is 0 Å². The molecule has 8 heteroatoms. The number of carbonyl (C=O) groups is 1. The highest BCUT2D eigenvalue weighted by atomic mass is 32.2. The standard InChI is InChI=1S/C21H29N3O4S/c1-4-16-28-20-12-10-19(11-13-20)24(29(3,26)27)17-21(25)22-14-15-23(2)18-8-6-5-7-9-18/h5-13H,4,14-17H2,1-3H3,(H,22,25). The summed E-state index contributed by atoms with van der Waals surface area (Å²) in [5.74, 6) is 0.306. The van der Waals surface area contributed by atoms with E-state index in [2.05, 4.69) is 5.32 Å². The molecular weight excluding hydrogens is 390 g/mol. The zero-order chi connectivity index (χ0) is 21.3. The fraction of sp³-hybridized carbons (Fsp3) is 0.381. The van der Waals surface area contributed by atoms with E-state index in [0.29, 0.717) is 31.1 Å². The summed E-state index contributed by atoms with van der Waals surface area (Å²) in [6.45, 7) is 3.34. The molecule has 0 aliphatic carbocycles. The fourth-order valence-electron chi connectivity index (χ4n) is 2.69. The minimum absolute atomic E-state index is 0.275. The van der Waals surface area contributed by atoms with Crippen LogP contribution < -0.4 is 19.3 Å². The van der Waals surface area contributed by atoms with E-state index in [9.17, 15) is 13.2 Å². The molecule has 2 aromatic carbocycles. The lowest BCUT2D eigenvalue weighted by Gasteiger charge is -2.23. The summed E-state index contributed by atoms with van der Waals surface area (Å²) in [5, 5.41) is 2.78. The molecule has 0 radical (unpaired) electrons. The van der Waals surface area contributed by atoms with Crippen molar-refractivity contribution in [3.63, 3.8) is 0 Å². The van der Waals surface area contributed by atoms with E-state index >= 15 is 0 Å². The van der Waals surface area contributed by atoms with Crippen LogP contribution in [0.5, 0.6) is 5.75 Å². The lowest BCUT2D eigenvalue weighted by Crippen LogP contribution is -2.42. The summed E-state index contributed by atoms with van der Waals surface area (Å²) in [4.78, 5) is 14.4. The Morgan fingerprint density at radius 2 is 1.69 bits per heavy atom. The van der Waals surface area contributed by atoms with Gasteiger partial charge in [0.05, 0.1) is 18.6 Å². The molecule has 0 atom stereocenters. The smallest absolute Gasteiger partial charge is 0.240 e. The van der Waals surface area contributed by atoms with Gasteiger partial charge in [-0.05, 0) is 42.8 Å². The zero-order valence-electron chi connectivity index (χ0n) is 17.2. The maximum Gasteiger partial charge on any atom is 0.240 e. The van der Waals surface area contributed by atoms with Gasteiger partial charge in [-0.25, -0.2) is 8.42 Å². The first kappa shape index (κ1) is 22.5. The highest BCUT2D eigenvalue weighted by Gasteiger charge is 2.20. The number of nitrogens with zero attached hydrogens (tertiary/aromatic N) is 2. The zero-order valence-corrected chi connectivity index (χ0v) is 18.0. The van der Waals surface area contributed by atoms with Crippen LogP contribution in [-0.2, 0) is 14.8 Å². The third-order valence-corrected chi connectivity index (χ3v) is 5.39. The number of benzene rings is 2. The molecule has 2 rings (SSSR count). The molecule has 1 N–H and O–H groups in total. The lowest BCUT2D eigenvalue weighted by atomic mass is 10.3. The van der Waals surface area contributed by atoms with E-state index < -0.39 is 10.0 Å². The van der Waals surface area contributed by atoms with Crippen LogP contribution in [0.3, 0.4) is 0 Å². The molecule has 7 nitrogen and oxygen atoms in total. The number of hydrogen-bond donors (Lipinski definition) is 1. The Morgan fingerprint density at radius 1 is 1.03 bits per heavy atom. The summed E-state index contributed by atoms with van der Waals surface area (Å²) in [6, 6.07) is 16.5. The van der Waals surface area contributed by atoms with E-state index in [1.165, 1.54) is 0 Å². The van der Waals surface area contributed by atoms with Crippen molar-refractivity contribution in [1.82, 2.24) is 5.32 Å². The average molecular weight is 420 g/mol. The van der Waals surface area contributed by atoms with Gasteiger partial charge in [0.15, 0.2) is 0 Å². The van der Waals surface area contributed by atoms with Crippen molar-refractivity contribution in [3.8, 4) is 5.75 Å². The summed E-state index contributed by atoms with van der Waals surface area (Å²) in [5.41, 5.74) is 1.47. The predicted octanol–water partition coefficient (Wildman–Crippen LogP) is 2.49. The van der Waals surface area contributed by atoms with Crippen LogP contribution in [0.25, 0.3) is 0 Å². The summed E-state index contributed by atoms with van der Waals surface area (Å²) >= 11 is 0. The van der Waals surface area contributed by atoms with Crippen LogP contribution in [0.2, 0.25) is 0 Å². The molecule has 29 heavy (non-hydrogen) atoms. The SMILES string of the molecule is CCCOc1ccc(N(CC(=O)NCCN(C)c2ccccc2)S(C)(=O)=O)cc1. The van der Waals surface area contributed by atoms with E-state index in [4.69, 9.17) is 4.74 Å². The highest BCUT2D eigenvalue weighted by Crippen LogP contribution is 2.21. The number of likely N-dealkylation sites (N-methyl/N-ethyl adjacent to an activating group) is 1. The molecular formula is C21H29N3O4S.